The molecule has 0 unspecified atom stereocenters. The van der Waals surface area contributed by atoms with Crippen LogP contribution in [0.1, 0.15) is 42.8 Å². The van der Waals surface area contributed by atoms with Crippen molar-refractivity contribution < 1.29 is 28.3 Å². The topological polar surface area (TPSA) is 167 Å². The Balaban J connectivity index is 1.44. The van der Waals surface area contributed by atoms with Gasteiger partial charge in [0, 0.05) is 31.6 Å². The lowest BCUT2D eigenvalue weighted by Crippen LogP contribution is -2.41. The number of amides is 2. The molecule has 0 spiro atoms. The highest BCUT2D eigenvalue weighted by Crippen LogP contribution is 2.50. The molecule has 5 rings (SSSR count). The minimum Gasteiger partial charge on any atom is -0.493 e. The molecule has 2 amide bonds. The number of rotatable bonds is 14. The summed E-state index contributed by atoms with van der Waals surface area (Å²) >= 11 is 1.60. The smallest absolute Gasteiger partial charge is 0.242 e. The quantitative estimate of drug-likeness (QED) is 0.173. The van der Waals surface area contributed by atoms with Gasteiger partial charge >= 0.3 is 0 Å². The Morgan fingerprint density at radius 3 is 2.59 bits per heavy atom. The van der Waals surface area contributed by atoms with Crippen LogP contribution in [0.25, 0.3) is 22.6 Å². The number of nitrogens with one attached hydrogen (secondary N) is 3. The average molecular weight is 689 g/mol. The van der Waals surface area contributed by atoms with Crippen LogP contribution in [-0.2, 0) is 22.4 Å². The highest BCUT2D eigenvalue weighted by atomic mass is 32.2. The summed E-state index contributed by atoms with van der Waals surface area (Å²) in [6.45, 7) is 1.70. The Morgan fingerprint density at radius 2 is 1.90 bits per heavy atom. The van der Waals surface area contributed by atoms with Gasteiger partial charge in [0.2, 0.25) is 34.7 Å². The second-order valence-electron chi connectivity index (χ2n) is 11.3. The van der Waals surface area contributed by atoms with E-state index in [1.54, 1.807) is 50.4 Å². The normalized spacial score (nSPS) is 14.0. The molecule has 49 heavy (non-hydrogen) atoms. The van der Waals surface area contributed by atoms with E-state index in [0.29, 0.717) is 77.2 Å². The molecule has 4 aromatic rings. The molecule has 1 aliphatic carbocycles. The molecule has 3 N–H and O–H groups in total. The number of thioether (sulfide) groups is 1. The maximum Gasteiger partial charge on any atom is 0.242 e. The first-order valence-electron chi connectivity index (χ1n) is 15.8. The van der Waals surface area contributed by atoms with Crippen molar-refractivity contribution in [2.45, 2.75) is 44.7 Å². The van der Waals surface area contributed by atoms with Gasteiger partial charge in [0.1, 0.15) is 11.7 Å². The molecule has 0 saturated carbocycles. The van der Waals surface area contributed by atoms with E-state index in [4.69, 9.17) is 18.7 Å². The maximum absolute atomic E-state index is 13.9. The Kier molecular flexibility index (Phi) is 11.7. The van der Waals surface area contributed by atoms with Crippen LogP contribution in [0.4, 0.5) is 5.69 Å². The van der Waals surface area contributed by atoms with Gasteiger partial charge < -0.3 is 34.7 Å². The third kappa shape index (κ3) is 8.13. The summed E-state index contributed by atoms with van der Waals surface area (Å²) in [4.78, 5) is 48.2. The van der Waals surface area contributed by atoms with Crippen molar-refractivity contribution in [3.05, 3.63) is 75.9 Å². The number of aromatic nitrogens is 3. The van der Waals surface area contributed by atoms with Crippen LogP contribution in [-0.4, -0.2) is 72.9 Å². The SMILES string of the molecule is COc1cc2c(c(OC)c1OC)-c1ccc(N[C@@H](CCSC)C(=O)NCCc3nc(-c4ccccn4)no3)c(=O)cc1[C@@H](NC(C)=O)CC2. The molecule has 2 atom stereocenters. The summed E-state index contributed by atoms with van der Waals surface area (Å²) < 4.78 is 22.5. The lowest BCUT2D eigenvalue weighted by atomic mass is 9.95. The van der Waals surface area contributed by atoms with E-state index >= 15 is 0 Å². The number of ether oxygens (including phenoxy) is 3. The zero-order valence-electron chi connectivity index (χ0n) is 28.1. The summed E-state index contributed by atoms with van der Waals surface area (Å²) in [7, 11) is 4.65. The highest BCUT2D eigenvalue weighted by Gasteiger charge is 2.30. The number of hydrogen-bond donors (Lipinski definition) is 3. The van der Waals surface area contributed by atoms with Crippen molar-refractivity contribution in [3.8, 4) is 39.9 Å². The standard InChI is InChI=1S/C35H40N6O7S/c1-20(42)38-24-11-9-21-18-29(45-2)32(46-3)33(47-4)31(21)22-10-12-25(28(43)19-23(22)24)39-27(14-17-49-5)35(44)37-16-13-30-40-34(41-48-30)26-8-6-7-15-36-26/h6-8,10,12,15,18-19,24,27H,9,11,13-14,16-17H2,1-5H3,(H,37,44)(H,38,42)(H,39,43)/t24-,27-/m0/s1. The Hall–Kier alpha value is -5.11. The number of anilines is 1. The highest BCUT2D eigenvalue weighted by molar-refractivity contribution is 7.98. The van der Waals surface area contributed by atoms with Crippen molar-refractivity contribution in [2.24, 2.45) is 0 Å². The van der Waals surface area contributed by atoms with Crippen molar-refractivity contribution in [3.63, 3.8) is 0 Å². The first-order valence-corrected chi connectivity index (χ1v) is 17.2. The number of methoxy groups -OCH3 is 3. The molecule has 0 fully saturated rings. The lowest BCUT2D eigenvalue weighted by molar-refractivity contribution is -0.122. The molecule has 0 bridgehead atoms. The molecule has 1 aliphatic rings. The number of carbonyl (C=O) groups is 2. The number of fused-ring (bicyclic) bond motifs is 3. The molecule has 13 nitrogen and oxygen atoms in total. The summed E-state index contributed by atoms with van der Waals surface area (Å²) in [5.41, 5.74) is 3.50. The molecule has 0 saturated heterocycles. The van der Waals surface area contributed by atoms with Crippen LogP contribution in [0, 0.1) is 0 Å². The summed E-state index contributed by atoms with van der Waals surface area (Å²) in [6, 6.07) is 11.2. The van der Waals surface area contributed by atoms with Gasteiger partial charge in [-0.2, -0.15) is 16.7 Å². The number of carbonyl (C=O) groups excluding carboxylic acids is 2. The van der Waals surface area contributed by atoms with Crippen molar-refractivity contribution in [2.75, 3.05) is 45.2 Å². The molecular weight excluding hydrogens is 648 g/mol. The third-order valence-corrected chi connectivity index (χ3v) is 8.82. The Morgan fingerprint density at radius 1 is 1.08 bits per heavy atom. The fourth-order valence-corrected chi connectivity index (χ4v) is 6.36. The average Bonchev–Trinajstić information content (AvgIpc) is 3.46. The van der Waals surface area contributed by atoms with Crippen LogP contribution in [0.3, 0.4) is 0 Å². The summed E-state index contributed by atoms with van der Waals surface area (Å²) in [5.74, 6) is 2.32. The number of nitrogens with zero attached hydrogens (tertiary/aromatic N) is 3. The van der Waals surface area contributed by atoms with E-state index in [9.17, 15) is 14.4 Å². The fourth-order valence-electron chi connectivity index (χ4n) is 5.89. The monoisotopic (exact) mass is 688 g/mol. The first-order chi connectivity index (χ1) is 23.8. The van der Waals surface area contributed by atoms with E-state index in [-0.39, 0.29) is 29.5 Å². The number of aryl methyl sites for hydroxylation is 1. The van der Waals surface area contributed by atoms with E-state index in [2.05, 4.69) is 31.1 Å². The molecule has 2 heterocycles. The Bertz CT molecular complexity index is 1850. The van der Waals surface area contributed by atoms with Crippen LogP contribution < -0.4 is 35.6 Å². The fraction of sp³-hybridized carbons (Fsp3) is 0.371. The molecule has 2 aromatic heterocycles. The summed E-state index contributed by atoms with van der Waals surface area (Å²) in [6.07, 6.45) is 5.51. The van der Waals surface area contributed by atoms with E-state index in [1.165, 1.54) is 20.1 Å². The van der Waals surface area contributed by atoms with Gasteiger partial charge in [0.25, 0.3) is 0 Å². The van der Waals surface area contributed by atoms with Gasteiger partial charge in [0.05, 0.1) is 33.1 Å². The molecule has 2 aromatic carbocycles. The number of hydrogen-bond acceptors (Lipinski definition) is 12. The van der Waals surface area contributed by atoms with E-state index in [1.807, 2.05) is 24.5 Å². The third-order valence-electron chi connectivity index (χ3n) is 8.17. The van der Waals surface area contributed by atoms with Gasteiger partial charge in [-0.3, -0.25) is 19.4 Å². The summed E-state index contributed by atoms with van der Waals surface area (Å²) in [5, 5.41) is 13.1. The lowest BCUT2D eigenvalue weighted by Gasteiger charge is -2.19. The number of pyridine rings is 1. The van der Waals surface area contributed by atoms with Gasteiger partial charge in [-0.1, -0.05) is 17.3 Å². The van der Waals surface area contributed by atoms with Crippen LogP contribution >= 0.6 is 11.8 Å². The zero-order chi connectivity index (χ0) is 34.9. The minimum atomic E-state index is -0.702. The second kappa shape index (κ2) is 16.3. The van der Waals surface area contributed by atoms with E-state index in [0.717, 1.165) is 11.1 Å². The molecule has 0 aliphatic heterocycles. The number of benzene rings is 1. The predicted octanol–water partition coefficient (Wildman–Crippen LogP) is 4.20. The second-order valence-corrected chi connectivity index (χ2v) is 12.3. The van der Waals surface area contributed by atoms with Crippen LogP contribution in [0.2, 0.25) is 0 Å². The maximum atomic E-state index is 13.9. The first kappa shape index (κ1) is 35.2. The van der Waals surface area contributed by atoms with E-state index < -0.39 is 12.1 Å². The molecule has 0 radical (unpaired) electrons. The molecule has 258 valence electrons. The van der Waals surface area contributed by atoms with Gasteiger partial charge in [-0.15, -0.1) is 0 Å². The van der Waals surface area contributed by atoms with Crippen molar-refractivity contribution in [1.29, 1.82) is 0 Å². The molecule has 14 heteroatoms. The van der Waals surface area contributed by atoms with Gasteiger partial charge in [-0.25, -0.2) is 0 Å². The van der Waals surface area contributed by atoms with Gasteiger partial charge in [-0.05, 0) is 78.3 Å². The minimum absolute atomic E-state index is 0.219. The molecular formula is C35H40N6O7S. The zero-order valence-corrected chi connectivity index (χ0v) is 28.9. The van der Waals surface area contributed by atoms with Crippen molar-refractivity contribution in [1.82, 2.24) is 25.8 Å². The van der Waals surface area contributed by atoms with Crippen LogP contribution in [0.15, 0.2) is 58.0 Å². The van der Waals surface area contributed by atoms with Crippen molar-refractivity contribution >= 4 is 29.3 Å². The largest absolute Gasteiger partial charge is 0.493 e. The van der Waals surface area contributed by atoms with Crippen LogP contribution in [0.5, 0.6) is 17.2 Å². The Labute approximate surface area is 288 Å². The van der Waals surface area contributed by atoms with Gasteiger partial charge in [0.15, 0.2) is 11.5 Å². The predicted molar refractivity (Wildman–Crippen MR) is 187 cm³/mol.